The maximum Gasteiger partial charge on any atom is 0.356 e. The van der Waals surface area contributed by atoms with E-state index >= 15 is 0 Å². The number of hydrogen-bond donors (Lipinski definition) is 2. The lowest BCUT2D eigenvalue weighted by Crippen LogP contribution is -2.35. The Morgan fingerprint density at radius 2 is 1.85 bits per heavy atom. The molecule has 1 aliphatic rings. The normalized spacial score (nSPS) is 14.8. The first-order valence-electron chi connectivity index (χ1n) is 10.6. The SMILES string of the molecule is Cc1ccc(S(=O)(=O)N2CCCCC2)cc1NC(=O)COC(=O)c1[nH]c2ccccc2c1Cl. The van der Waals surface area contributed by atoms with Gasteiger partial charge in [0, 0.05) is 29.7 Å². The molecule has 1 aromatic heterocycles. The van der Waals surface area contributed by atoms with Crippen LogP contribution in [0.1, 0.15) is 35.3 Å². The van der Waals surface area contributed by atoms with Crippen molar-refractivity contribution in [1.82, 2.24) is 9.29 Å². The number of piperidine rings is 1. The van der Waals surface area contributed by atoms with Gasteiger partial charge in [-0.15, -0.1) is 0 Å². The van der Waals surface area contributed by atoms with Crippen LogP contribution in [0.3, 0.4) is 0 Å². The number of rotatable bonds is 6. The van der Waals surface area contributed by atoms with E-state index in [4.69, 9.17) is 16.3 Å². The van der Waals surface area contributed by atoms with Crippen molar-refractivity contribution >= 4 is 50.1 Å². The molecule has 1 saturated heterocycles. The summed E-state index contributed by atoms with van der Waals surface area (Å²) >= 11 is 6.25. The Bertz CT molecular complexity index is 1310. The molecule has 1 amide bonds. The zero-order valence-electron chi connectivity index (χ0n) is 18.1. The average Bonchev–Trinajstić information content (AvgIpc) is 3.16. The van der Waals surface area contributed by atoms with Crippen LogP contribution in [-0.4, -0.2) is 49.3 Å². The predicted octanol–water partition coefficient (Wildman–Crippen LogP) is 4.10. The van der Waals surface area contributed by atoms with Gasteiger partial charge in [-0.25, -0.2) is 13.2 Å². The molecule has 0 atom stereocenters. The van der Waals surface area contributed by atoms with Gasteiger partial charge in [-0.05, 0) is 43.5 Å². The second-order valence-corrected chi connectivity index (χ2v) is 10.2. The maximum absolute atomic E-state index is 12.9. The summed E-state index contributed by atoms with van der Waals surface area (Å²) in [6.07, 6.45) is 2.69. The number of aryl methyl sites for hydroxylation is 1. The van der Waals surface area contributed by atoms with Crippen molar-refractivity contribution in [3.05, 3.63) is 58.7 Å². The number of para-hydroxylation sites is 1. The number of hydrogen-bond acceptors (Lipinski definition) is 5. The van der Waals surface area contributed by atoms with E-state index in [1.165, 1.54) is 16.4 Å². The van der Waals surface area contributed by atoms with Gasteiger partial charge in [0.25, 0.3) is 5.91 Å². The fourth-order valence-corrected chi connectivity index (χ4v) is 5.62. The number of esters is 1. The highest BCUT2D eigenvalue weighted by atomic mass is 35.5. The number of nitrogens with one attached hydrogen (secondary N) is 2. The summed E-state index contributed by atoms with van der Waals surface area (Å²) in [5.74, 6) is -1.35. The molecule has 1 fully saturated rings. The van der Waals surface area contributed by atoms with Gasteiger partial charge in [-0.2, -0.15) is 4.31 Å². The Balaban J connectivity index is 1.43. The van der Waals surface area contributed by atoms with Crippen LogP contribution in [0.15, 0.2) is 47.4 Å². The summed E-state index contributed by atoms with van der Waals surface area (Å²) in [7, 11) is -3.64. The lowest BCUT2D eigenvalue weighted by Gasteiger charge is -2.26. The number of benzene rings is 2. The van der Waals surface area contributed by atoms with Gasteiger partial charge in [0.15, 0.2) is 6.61 Å². The molecule has 10 heteroatoms. The average molecular weight is 490 g/mol. The number of anilines is 1. The van der Waals surface area contributed by atoms with Crippen LogP contribution in [0, 0.1) is 6.92 Å². The molecular weight excluding hydrogens is 466 g/mol. The molecule has 174 valence electrons. The molecule has 3 aromatic rings. The summed E-state index contributed by atoms with van der Waals surface area (Å²) < 4.78 is 32.5. The molecular formula is C23H24ClN3O5S. The number of fused-ring (bicyclic) bond motifs is 1. The number of halogens is 1. The van der Waals surface area contributed by atoms with Crippen molar-refractivity contribution < 1.29 is 22.7 Å². The highest BCUT2D eigenvalue weighted by molar-refractivity contribution is 7.89. The molecule has 0 saturated carbocycles. The zero-order valence-corrected chi connectivity index (χ0v) is 19.6. The maximum atomic E-state index is 12.9. The number of amides is 1. The van der Waals surface area contributed by atoms with Crippen LogP contribution >= 0.6 is 11.6 Å². The first-order valence-corrected chi connectivity index (χ1v) is 12.4. The standard InChI is InChI=1S/C23H24ClN3O5S/c1-15-9-10-16(33(30,31)27-11-5-2-6-12-27)13-19(15)25-20(28)14-32-23(29)22-21(24)17-7-3-4-8-18(17)26-22/h3-4,7-10,13,26H,2,5-6,11-12,14H2,1H3,(H,25,28). The summed E-state index contributed by atoms with van der Waals surface area (Å²) in [5.41, 5.74) is 1.78. The number of carbonyl (C=O) groups excluding carboxylic acids is 2. The predicted molar refractivity (Wildman–Crippen MR) is 126 cm³/mol. The third kappa shape index (κ3) is 4.90. The molecule has 0 unspecified atom stereocenters. The van der Waals surface area contributed by atoms with Gasteiger partial charge in [-0.1, -0.05) is 42.3 Å². The minimum absolute atomic E-state index is 0.0662. The first kappa shape index (κ1) is 23.3. The number of nitrogens with zero attached hydrogens (tertiary/aromatic N) is 1. The van der Waals surface area contributed by atoms with Crippen LogP contribution < -0.4 is 5.32 Å². The monoisotopic (exact) mass is 489 g/mol. The van der Waals surface area contributed by atoms with Gasteiger partial charge >= 0.3 is 5.97 Å². The zero-order chi connectivity index (χ0) is 23.6. The van der Waals surface area contributed by atoms with Crippen molar-refractivity contribution in [1.29, 1.82) is 0 Å². The van der Waals surface area contributed by atoms with E-state index in [-0.39, 0.29) is 15.6 Å². The van der Waals surface area contributed by atoms with Gasteiger partial charge in [-0.3, -0.25) is 4.79 Å². The molecule has 0 spiro atoms. The smallest absolute Gasteiger partial charge is 0.356 e. The molecule has 1 aliphatic heterocycles. The fraction of sp³-hybridized carbons (Fsp3) is 0.304. The number of aromatic amines is 1. The highest BCUT2D eigenvalue weighted by Crippen LogP contribution is 2.28. The number of carbonyl (C=O) groups is 2. The number of aromatic nitrogens is 1. The number of ether oxygens (including phenoxy) is 1. The van der Waals surface area contributed by atoms with Gasteiger partial charge in [0.1, 0.15) is 5.69 Å². The molecule has 4 rings (SSSR count). The van der Waals surface area contributed by atoms with Crippen molar-refractivity contribution in [3.8, 4) is 0 Å². The van der Waals surface area contributed by atoms with E-state index in [1.807, 2.05) is 0 Å². The topological polar surface area (TPSA) is 109 Å². The van der Waals surface area contributed by atoms with Crippen molar-refractivity contribution in [2.75, 3.05) is 25.0 Å². The van der Waals surface area contributed by atoms with Crippen molar-refractivity contribution in [3.63, 3.8) is 0 Å². The van der Waals surface area contributed by atoms with Crippen LogP contribution in [0.25, 0.3) is 10.9 Å². The van der Waals surface area contributed by atoms with Crippen LogP contribution in [0.4, 0.5) is 5.69 Å². The third-order valence-corrected chi connectivity index (χ3v) is 7.90. The second kappa shape index (κ2) is 9.54. The molecule has 0 aliphatic carbocycles. The van der Waals surface area contributed by atoms with E-state index in [1.54, 1.807) is 37.3 Å². The molecule has 2 N–H and O–H groups in total. The molecule has 2 aromatic carbocycles. The van der Waals surface area contributed by atoms with Crippen LogP contribution in [0.5, 0.6) is 0 Å². The van der Waals surface area contributed by atoms with E-state index in [9.17, 15) is 18.0 Å². The summed E-state index contributed by atoms with van der Waals surface area (Å²) in [6, 6.07) is 11.8. The van der Waals surface area contributed by atoms with Gasteiger partial charge < -0.3 is 15.0 Å². The Morgan fingerprint density at radius 1 is 1.12 bits per heavy atom. The summed E-state index contributed by atoms with van der Waals surface area (Å²) in [6.45, 7) is 2.19. The largest absolute Gasteiger partial charge is 0.451 e. The Kier molecular flexibility index (Phi) is 6.73. The lowest BCUT2D eigenvalue weighted by atomic mass is 10.2. The molecule has 0 radical (unpaired) electrons. The van der Waals surface area contributed by atoms with Crippen molar-refractivity contribution in [2.45, 2.75) is 31.1 Å². The van der Waals surface area contributed by atoms with Gasteiger partial charge in [0.2, 0.25) is 10.0 Å². The fourth-order valence-electron chi connectivity index (χ4n) is 3.79. The summed E-state index contributed by atoms with van der Waals surface area (Å²) in [5, 5.41) is 3.53. The molecule has 8 nitrogen and oxygen atoms in total. The van der Waals surface area contributed by atoms with Crippen molar-refractivity contribution in [2.24, 2.45) is 0 Å². The Morgan fingerprint density at radius 3 is 2.58 bits per heavy atom. The minimum Gasteiger partial charge on any atom is -0.451 e. The molecule has 33 heavy (non-hydrogen) atoms. The summed E-state index contributed by atoms with van der Waals surface area (Å²) in [4.78, 5) is 27.9. The van der Waals surface area contributed by atoms with Crippen LogP contribution in [-0.2, 0) is 19.6 Å². The number of H-pyrrole nitrogens is 1. The molecule has 0 bridgehead atoms. The molecule has 2 heterocycles. The first-order chi connectivity index (χ1) is 15.8. The van der Waals surface area contributed by atoms with Crippen LogP contribution in [0.2, 0.25) is 5.02 Å². The van der Waals surface area contributed by atoms with E-state index in [0.29, 0.717) is 35.2 Å². The van der Waals surface area contributed by atoms with E-state index in [0.717, 1.165) is 19.3 Å². The van der Waals surface area contributed by atoms with Gasteiger partial charge in [0.05, 0.1) is 9.92 Å². The van der Waals surface area contributed by atoms with E-state index < -0.39 is 28.5 Å². The third-order valence-electron chi connectivity index (χ3n) is 5.62. The quantitative estimate of drug-likeness (QED) is 0.507. The minimum atomic E-state index is -3.64. The second-order valence-electron chi connectivity index (χ2n) is 7.93. The van der Waals surface area contributed by atoms with E-state index in [2.05, 4.69) is 10.3 Å². The number of sulfonamides is 1. The highest BCUT2D eigenvalue weighted by Gasteiger charge is 2.26. The Hall–Kier alpha value is -2.88. The lowest BCUT2D eigenvalue weighted by molar-refractivity contribution is -0.119. The Labute approximate surface area is 196 Å².